The Morgan fingerprint density at radius 2 is 2.11 bits per heavy atom. The zero-order valence-corrected chi connectivity index (χ0v) is 16.1. The Labute approximate surface area is 165 Å². The van der Waals surface area contributed by atoms with Crippen LogP contribution in [0.4, 0.5) is 5.13 Å². The average molecular weight is 398 g/mol. The number of para-hydroxylation sites is 1. The number of aryl methyl sites for hydroxylation is 1. The van der Waals surface area contributed by atoms with Gasteiger partial charge in [-0.05, 0) is 36.8 Å². The van der Waals surface area contributed by atoms with Gasteiger partial charge in [0.15, 0.2) is 5.13 Å². The van der Waals surface area contributed by atoms with Gasteiger partial charge in [0.05, 0.1) is 16.3 Å². The van der Waals surface area contributed by atoms with Gasteiger partial charge in [-0.15, -0.1) is 0 Å². The molecule has 0 spiro atoms. The number of carbonyl (C=O) groups excluding carboxylic acids is 1. The summed E-state index contributed by atoms with van der Waals surface area (Å²) in [5.74, 6) is -0.159. The molecule has 4 rings (SSSR count). The summed E-state index contributed by atoms with van der Waals surface area (Å²) < 4.78 is 2.62. The molecule has 0 unspecified atom stereocenters. The fraction of sp³-hybridized carbons (Fsp3) is 0.158. The van der Waals surface area contributed by atoms with Gasteiger partial charge in [-0.3, -0.25) is 19.4 Å². The first kappa shape index (κ1) is 17.6. The van der Waals surface area contributed by atoms with Crippen LogP contribution in [0, 0.1) is 0 Å². The van der Waals surface area contributed by atoms with Gasteiger partial charge in [0.1, 0.15) is 11.2 Å². The molecule has 27 heavy (non-hydrogen) atoms. The van der Waals surface area contributed by atoms with E-state index in [0.717, 1.165) is 10.3 Å². The maximum atomic E-state index is 13.3. The van der Waals surface area contributed by atoms with E-state index in [1.807, 2.05) is 31.2 Å². The third-order valence-corrected chi connectivity index (χ3v) is 5.48. The topological polar surface area (TPSA) is 63.9 Å². The molecule has 0 aliphatic carbocycles. The van der Waals surface area contributed by atoms with Crippen molar-refractivity contribution in [1.29, 1.82) is 0 Å². The minimum absolute atomic E-state index is 0.159. The van der Waals surface area contributed by atoms with Crippen LogP contribution in [0.1, 0.15) is 23.0 Å². The first-order chi connectivity index (χ1) is 13.2. The first-order valence-electron chi connectivity index (χ1n) is 8.45. The summed E-state index contributed by atoms with van der Waals surface area (Å²) >= 11 is 7.72. The van der Waals surface area contributed by atoms with E-state index in [2.05, 4.69) is 15.1 Å². The lowest BCUT2D eigenvalue weighted by molar-refractivity contribution is 0.0975. The number of anilines is 1. The summed E-state index contributed by atoms with van der Waals surface area (Å²) in [5, 5.41) is 5.38. The largest absolute Gasteiger partial charge is 0.278 e. The second-order valence-electron chi connectivity index (χ2n) is 5.87. The third-order valence-electron chi connectivity index (χ3n) is 4.13. The molecule has 0 fully saturated rings. The van der Waals surface area contributed by atoms with Gasteiger partial charge >= 0.3 is 0 Å². The van der Waals surface area contributed by atoms with Gasteiger partial charge in [-0.2, -0.15) is 5.10 Å². The molecule has 0 atom stereocenters. The van der Waals surface area contributed by atoms with Crippen molar-refractivity contribution in [3.8, 4) is 0 Å². The predicted molar refractivity (Wildman–Crippen MR) is 107 cm³/mol. The van der Waals surface area contributed by atoms with E-state index in [1.165, 1.54) is 11.3 Å². The van der Waals surface area contributed by atoms with Gasteiger partial charge in [0.2, 0.25) is 0 Å². The molecule has 0 bridgehead atoms. The number of nitrogens with zero attached hydrogens (tertiary/aromatic N) is 5. The van der Waals surface area contributed by atoms with E-state index in [4.69, 9.17) is 11.6 Å². The summed E-state index contributed by atoms with van der Waals surface area (Å²) in [6.07, 6.45) is 5.09. The molecule has 0 saturated carbocycles. The van der Waals surface area contributed by atoms with Crippen molar-refractivity contribution in [2.75, 3.05) is 4.90 Å². The summed E-state index contributed by atoms with van der Waals surface area (Å²) in [5.41, 5.74) is 2.14. The molecule has 1 aromatic carbocycles. The van der Waals surface area contributed by atoms with E-state index >= 15 is 0 Å². The van der Waals surface area contributed by atoms with Gasteiger partial charge in [-0.1, -0.05) is 35.1 Å². The summed E-state index contributed by atoms with van der Waals surface area (Å²) in [6, 6.07) is 11.1. The summed E-state index contributed by atoms with van der Waals surface area (Å²) in [6.45, 7) is 2.92. The molecule has 6 nitrogen and oxygen atoms in total. The predicted octanol–water partition coefficient (Wildman–Crippen LogP) is 4.41. The van der Waals surface area contributed by atoms with E-state index < -0.39 is 0 Å². The van der Waals surface area contributed by atoms with Crippen LogP contribution in [-0.2, 0) is 13.1 Å². The van der Waals surface area contributed by atoms with Crippen LogP contribution >= 0.6 is 22.9 Å². The number of pyridine rings is 1. The van der Waals surface area contributed by atoms with Crippen LogP contribution in [0.25, 0.3) is 10.2 Å². The summed E-state index contributed by atoms with van der Waals surface area (Å²) in [7, 11) is 0. The first-order valence-corrected chi connectivity index (χ1v) is 9.64. The van der Waals surface area contributed by atoms with Crippen LogP contribution in [0.5, 0.6) is 0 Å². The minimum Gasteiger partial charge on any atom is -0.278 e. The number of hydrogen-bond acceptors (Lipinski definition) is 5. The number of amides is 1. The lowest BCUT2D eigenvalue weighted by atomic mass is 10.2. The highest BCUT2D eigenvalue weighted by Gasteiger charge is 2.24. The highest BCUT2D eigenvalue weighted by atomic mass is 35.5. The maximum absolute atomic E-state index is 13.3. The normalized spacial score (nSPS) is 11.0. The number of rotatable bonds is 5. The van der Waals surface area contributed by atoms with E-state index in [1.54, 1.807) is 40.3 Å². The molecule has 0 aliphatic rings. The molecule has 1 amide bonds. The Morgan fingerprint density at radius 1 is 1.22 bits per heavy atom. The zero-order valence-electron chi connectivity index (χ0n) is 14.5. The Balaban J connectivity index is 1.79. The summed E-state index contributed by atoms with van der Waals surface area (Å²) in [4.78, 5) is 23.8. The van der Waals surface area contributed by atoms with Crippen molar-refractivity contribution >= 4 is 44.2 Å². The Hall–Kier alpha value is -2.77. The Bertz CT molecular complexity index is 1090. The number of halogens is 1. The van der Waals surface area contributed by atoms with E-state index in [-0.39, 0.29) is 5.91 Å². The molecule has 0 N–H and O–H groups in total. The van der Waals surface area contributed by atoms with Gasteiger partial charge < -0.3 is 0 Å². The van der Waals surface area contributed by atoms with Gasteiger partial charge in [0.25, 0.3) is 5.91 Å². The number of hydrogen-bond donors (Lipinski definition) is 0. The molecule has 0 radical (unpaired) electrons. The zero-order chi connectivity index (χ0) is 18.8. The van der Waals surface area contributed by atoms with Crippen molar-refractivity contribution in [2.24, 2.45) is 0 Å². The number of aromatic nitrogens is 4. The van der Waals surface area contributed by atoms with Crippen LogP contribution in [0.15, 0.2) is 55.0 Å². The maximum Gasteiger partial charge on any atom is 0.278 e. The quantitative estimate of drug-likeness (QED) is 0.500. The molecule has 136 valence electrons. The van der Waals surface area contributed by atoms with Crippen molar-refractivity contribution in [3.05, 3.63) is 71.3 Å². The van der Waals surface area contributed by atoms with Crippen molar-refractivity contribution in [2.45, 2.75) is 20.0 Å². The molecule has 0 saturated heterocycles. The second kappa shape index (κ2) is 7.46. The fourth-order valence-electron chi connectivity index (χ4n) is 2.82. The number of carbonyl (C=O) groups is 1. The minimum atomic E-state index is -0.159. The van der Waals surface area contributed by atoms with Crippen LogP contribution in [0.2, 0.25) is 5.02 Å². The molecule has 4 aromatic rings. The standard InChI is InChI=1S/C19H16ClN5OS/c1-2-25-15(8-10-22-25)18(26)24(12-13-5-4-9-21-11-13)19-23-17-14(20)6-3-7-16(17)27-19/h3-11H,2,12H2,1H3. The third kappa shape index (κ3) is 3.43. The number of benzene rings is 1. The lowest BCUT2D eigenvalue weighted by Crippen LogP contribution is -2.32. The van der Waals surface area contributed by atoms with Crippen LogP contribution < -0.4 is 4.90 Å². The SMILES string of the molecule is CCn1nccc1C(=O)N(Cc1cccnc1)c1nc2c(Cl)cccc2s1. The lowest BCUT2D eigenvalue weighted by Gasteiger charge is -2.20. The second-order valence-corrected chi connectivity index (χ2v) is 7.28. The molecular weight excluding hydrogens is 382 g/mol. The van der Waals surface area contributed by atoms with E-state index in [0.29, 0.717) is 34.5 Å². The fourth-order valence-corrected chi connectivity index (χ4v) is 4.09. The number of fused-ring (bicyclic) bond motifs is 1. The van der Waals surface area contributed by atoms with Crippen LogP contribution in [-0.4, -0.2) is 25.7 Å². The van der Waals surface area contributed by atoms with Crippen molar-refractivity contribution in [3.63, 3.8) is 0 Å². The average Bonchev–Trinajstić information content (AvgIpc) is 3.34. The molecular formula is C19H16ClN5OS. The molecule has 3 aromatic heterocycles. The van der Waals surface area contributed by atoms with Gasteiger partial charge in [-0.25, -0.2) is 4.98 Å². The van der Waals surface area contributed by atoms with Crippen molar-refractivity contribution in [1.82, 2.24) is 19.7 Å². The molecule has 3 heterocycles. The smallest absolute Gasteiger partial charge is 0.278 e. The Kier molecular flexibility index (Phi) is 4.87. The highest BCUT2D eigenvalue weighted by molar-refractivity contribution is 7.22. The van der Waals surface area contributed by atoms with Crippen molar-refractivity contribution < 1.29 is 4.79 Å². The number of thiazole rings is 1. The van der Waals surface area contributed by atoms with Crippen LogP contribution in [0.3, 0.4) is 0 Å². The molecule has 8 heteroatoms. The van der Waals surface area contributed by atoms with Gasteiger partial charge in [0, 0.05) is 25.1 Å². The molecule has 0 aliphatic heterocycles. The Morgan fingerprint density at radius 3 is 2.85 bits per heavy atom. The highest BCUT2D eigenvalue weighted by Crippen LogP contribution is 2.34. The van der Waals surface area contributed by atoms with E-state index in [9.17, 15) is 4.79 Å². The monoisotopic (exact) mass is 397 g/mol.